The van der Waals surface area contributed by atoms with Crippen molar-refractivity contribution in [3.05, 3.63) is 68.6 Å². The molecule has 0 spiro atoms. The predicted molar refractivity (Wildman–Crippen MR) is 107 cm³/mol. The van der Waals surface area contributed by atoms with Crippen LogP contribution in [0.3, 0.4) is 0 Å². The number of likely N-dealkylation sites (tertiary alicyclic amines) is 1. The summed E-state index contributed by atoms with van der Waals surface area (Å²) in [5.74, 6) is -0.109. The van der Waals surface area contributed by atoms with E-state index in [9.17, 15) is 9.18 Å². The Morgan fingerprint density at radius 3 is 2.86 bits per heavy atom. The quantitative estimate of drug-likeness (QED) is 0.626. The monoisotopic (exact) mass is 418 g/mol. The van der Waals surface area contributed by atoms with Crippen LogP contribution in [0.15, 0.2) is 35.8 Å². The minimum atomic E-state index is -0.290. The van der Waals surface area contributed by atoms with E-state index in [4.69, 9.17) is 11.6 Å². The van der Waals surface area contributed by atoms with Gasteiger partial charge in [-0.15, -0.1) is 11.3 Å². The summed E-state index contributed by atoms with van der Waals surface area (Å²) >= 11 is 8.16. The molecule has 3 aromatic rings. The summed E-state index contributed by atoms with van der Waals surface area (Å²) < 4.78 is 14.7. The number of aryl methyl sites for hydroxylation is 1. The summed E-state index contributed by atoms with van der Waals surface area (Å²) in [6.07, 6.45) is 3.78. The third-order valence-electron chi connectivity index (χ3n) is 5.03. The highest BCUT2D eigenvalue weighted by atomic mass is 35.5. The van der Waals surface area contributed by atoms with Gasteiger partial charge in [-0.2, -0.15) is 5.10 Å². The molecule has 28 heavy (non-hydrogen) atoms. The molecule has 8 heteroatoms. The first-order valence-electron chi connectivity index (χ1n) is 9.19. The molecule has 1 atom stereocenters. The van der Waals surface area contributed by atoms with Crippen LogP contribution >= 0.6 is 22.9 Å². The van der Waals surface area contributed by atoms with Crippen LogP contribution in [0.4, 0.5) is 4.39 Å². The summed E-state index contributed by atoms with van der Waals surface area (Å²) in [6.45, 7) is 3.53. The maximum atomic E-state index is 13.2. The van der Waals surface area contributed by atoms with E-state index >= 15 is 0 Å². The number of carbonyl (C=O) groups excluding carboxylic acids is 1. The van der Waals surface area contributed by atoms with E-state index in [1.165, 1.54) is 12.1 Å². The summed E-state index contributed by atoms with van der Waals surface area (Å²) in [5, 5.41) is 7.81. The van der Waals surface area contributed by atoms with Crippen molar-refractivity contribution in [2.75, 3.05) is 13.1 Å². The third kappa shape index (κ3) is 3.82. The van der Waals surface area contributed by atoms with E-state index in [0.29, 0.717) is 36.0 Å². The van der Waals surface area contributed by atoms with Gasteiger partial charge >= 0.3 is 0 Å². The number of amides is 1. The summed E-state index contributed by atoms with van der Waals surface area (Å²) in [4.78, 5) is 19.5. The average molecular weight is 419 g/mol. The van der Waals surface area contributed by atoms with Crippen molar-refractivity contribution in [2.24, 2.45) is 0 Å². The van der Waals surface area contributed by atoms with Gasteiger partial charge in [-0.05, 0) is 37.5 Å². The van der Waals surface area contributed by atoms with Gasteiger partial charge in [0.2, 0.25) is 0 Å². The van der Waals surface area contributed by atoms with Crippen LogP contribution in [0, 0.1) is 12.7 Å². The number of rotatable bonds is 4. The van der Waals surface area contributed by atoms with Gasteiger partial charge < -0.3 is 4.90 Å². The first-order chi connectivity index (χ1) is 13.5. The highest BCUT2D eigenvalue weighted by molar-refractivity contribution is 7.09. The SMILES string of the molecule is Cc1nn(Cc2ccc(F)cc2)c(Cl)c1C(=O)N1CCCC(c2nccs2)C1. The van der Waals surface area contributed by atoms with Gasteiger partial charge in [0.15, 0.2) is 0 Å². The zero-order valence-corrected chi connectivity index (χ0v) is 17.0. The third-order valence-corrected chi connectivity index (χ3v) is 6.36. The van der Waals surface area contributed by atoms with E-state index in [-0.39, 0.29) is 17.6 Å². The number of nitrogens with zero attached hydrogens (tertiary/aromatic N) is 4. The molecule has 1 unspecified atom stereocenters. The Labute approximate surface area is 171 Å². The fraction of sp³-hybridized carbons (Fsp3) is 0.350. The number of benzene rings is 1. The number of hydrogen-bond donors (Lipinski definition) is 0. The molecule has 0 bridgehead atoms. The van der Waals surface area contributed by atoms with Gasteiger partial charge in [-0.25, -0.2) is 14.1 Å². The molecule has 146 valence electrons. The minimum absolute atomic E-state index is 0.0888. The molecule has 1 fully saturated rings. The molecule has 5 nitrogen and oxygen atoms in total. The molecule has 1 saturated heterocycles. The van der Waals surface area contributed by atoms with Gasteiger partial charge in [0.05, 0.1) is 22.8 Å². The first-order valence-corrected chi connectivity index (χ1v) is 10.4. The molecule has 1 aliphatic heterocycles. The normalized spacial score (nSPS) is 17.1. The average Bonchev–Trinajstić information content (AvgIpc) is 3.32. The van der Waals surface area contributed by atoms with Crippen LogP contribution < -0.4 is 0 Å². The van der Waals surface area contributed by atoms with Crippen molar-refractivity contribution >= 4 is 28.8 Å². The molecule has 2 aromatic heterocycles. The molecule has 3 heterocycles. The summed E-state index contributed by atoms with van der Waals surface area (Å²) in [5.41, 5.74) is 1.92. The van der Waals surface area contributed by atoms with E-state index in [1.807, 2.05) is 10.3 Å². The van der Waals surface area contributed by atoms with Crippen molar-refractivity contribution < 1.29 is 9.18 Å². The van der Waals surface area contributed by atoms with E-state index in [2.05, 4.69) is 10.1 Å². The van der Waals surface area contributed by atoms with Crippen molar-refractivity contribution in [1.29, 1.82) is 0 Å². The summed E-state index contributed by atoms with van der Waals surface area (Å²) in [7, 11) is 0. The Kier molecular flexibility index (Phi) is 5.46. The van der Waals surface area contributed by atoms with E-state index in [0.717, 1.165) is 23.4 Å². The van der Waals surface area contributed by atoms with E-state index in [1.54, 1.807) is 41.3 Å². The molecule has 1 aromatic carbocycles. The molecular weight excluding hydrogens is 399 g/mol. The molecule has 0 radical (unpaired) electrons. The van der Waals surface area contributed by atoms with Crippen molar-refractivity contribution in [1.82, 2.24) is 19.7 Å². The van der Waals surface area contributed by atoms with Crippen LogP contribution in [0.1, 0.15) is 45.4 Å². The second-order valence-electron chi connectivity index (χ2n) is 7.00. The number of thiazole rings is 1. The maximum absolute atomic E-state index is 13.2. The smallest absolute Gasteiger partial charge is 0.258 e. The molecule has 1 aliphatic rings. The number of piperidine rings is 1. The minimum Gasteiger partial charge on any atom is -0.338 e. The van der Waals surface area contributed by atoms with Gasteiger partial charge in [0, 0.05) is 30.6 Å². The van der Waals surface area contributed by atoms with Gasteiger partial charge in [0.1, 0.15) is 11.0 Å². The molecule has 4 rings (SSSR count). The molecule has 0 N–H and O–H groups in total. The van der Waals surface area contributed by atoms with Crippen LogP contribution in [0.5, 0.6) is 0 Å². The first kappa shape index (κ1) is 19.1. The fourth-order valence-corrected chi connectivity index (χ4v) is 4.70. The number of hydrogen-bond acceptors (Lipinski definition) is 4. The number of aromatic nitrogens is 3. The zero-order valence-electron chi connectivity index (χ0n) is 15.4. The lowest BCUT2D eigenvalue weighted by Gasteiger charge is -2.31. The van der Waals surface area contributed by atoms with Crippen LogP contribution in [0.2, 0.25) is 5.15 Å². The molecule has 0 saturated carbocycles. The largest absolute Gasteiger partial charge is 0.338 e. The summed E-state index contributed by atoms with van der Waals surface area (Å²) in [6, 6.07) is 6.18. The number of halogens is 2. The topological polar surface area (TPSA) is 51.0 Å². The van der Waals surface area contributed by atoms with Gasteiger partial charge in [-0.1, -0.05) is 23.7 Å². The Bertz CT molecular complexity index is 971. The van der Waals surface area contributed by atoms with Crippen molar-refractivity contribution in [3.63, 3.8) is 0 Å². The Morgan fingerprint density at radius 1 is 1.36 bits per heavy atom. The second kappa shape index (κ2) is 8.01. The maximum Gasteiger partial charge on any atom is 0.258 e. The highest BCUT2D eigenvalue weighted by Gasteiger charge is 2.30. The lowest BCUT2D eigenvalue weighted by molar-refractivity contribution is 0.0706. The Morgan fingerprint density at radius 2 is 2.14 bits per heavy atom. The second-order valence-corrected chi connectivity index (χ2v) is 8.28. The van der Waals surface area contributed by atoms with Gasteiger partial charge in [-0.3, -0.25) is 4.79 Å². The predicted octanol–water partition coefficient (Wildman–Crippen LogP) is 4.51. The zero-order chi connectivity index (χ0) is 19.7. The standard InChI is InChI=1S/C20H20ClFN4OS/c1-13-17(18(21)26(24-13)11-14-4-6-16(22)7-5-14)20(27)25-9-2-3-15(12-25)19-23-8-10-28-19/h4-8,10,15H,2-3,9,11-12H2,1H3. The number of carbonyl (C=O) groups is 1. The van der Waals surface area contributed by atoms with Crippen molar-refractivity contribution in [2.45, 2.75) is 32.2 Å². The fourth-order valence-electron chi connectivity index (χ4n) is 3.62. The van der Waals surface area contributed by atoms with Crippen LogP contribution in [0.25, 0.3) is 0 Å². The Balaban J connectivity index is 1.54. The van der Waals surface area contributed by atoms with E-state index < -0.39 is 0 Å². The lowest BCUT2D eigenvalue weighted by Crippen LogP contribution is -2.39. The molecule has 0 aliphatic carbocycles. The molecular formula is C20H20ClFN4OS. The van der Waals surface area contributed by atoms with Gasteiger partial charge in [0.25, 0.3) is 5.91 Å². The van der Waals surface area contributed by atoms with Crippen molar-refractivity contribution in [3.8, 4) is 0 Å². The Hall–Kier alpha value is -2.25. The lowest BCUT2D eigenvalue weighted by atomic mass is 9.98. The highest BCUT2D eigenvalue weighted by Crippen LogP contribution is 2.30. The van der Waals surface area contributed by atoms with Crippen LogP contribution in [-0.2, 0) is 6.54 Å². The molecule has 1 amide bonds. The van der Waals surface area contributed by atoms with Crippen LogP contribution in [-0.4, -0.2) is 38.7 Å².